The summed E-state index contributed by atoms with van der Waals surface area (Å²) in [5.41, 5.74) is 1.85. The van der Waals surface area contributed by atoms with Crippen molar-refractivity contribution < 1.29 is 13.5 Å². The molecule has 0 aliphatic carbocycles. The van der Waals surface area contributed by atoms with Crippen molar-refractivity contribution in [3.05, 3.63) is 92.9 Å². The predicted octanol–water partition coefficient (Wildman–Crippen LogP) is 5.16. The van der Waals surface area contributed by atoms with E-state index in [1.165, 1.54) is 18.2 Å². The first-order valence-electron chi connectivity index (χ1n) is 7.53. The van der Waals surface area contributed by atoms with E-state index in [2.05, 4.69) is 27.5 Å². The molecule has 0 aromatic heterocycles. The van der Waals surface area contributed by atoms with Crippen molar-refractivity contribution in [2.24, 2.45) is 0 Å². The van der Waals surface area contributed by atoms with E-state index in [1.807, 2.05) is 18.3 Å². The molecule has 0 unspecified atom stereocenters. The van der Waals surface area contributed by atoms with E-state index >= 15 is 0 Å². The minimum atomic E-state index is -0.252. The average molecular weight is 439 g/mol. The van der Waals surface area contributed by atoms with E-state index in [1.54, 1.807) is 24.3 Å². The monoisotopic (exact) mass is 439 g/mol. The maximum absolute atomic E-state index is 13.3. The van der Waals surface area contributed by atoms with Gasteiger partial charge in [0, 0.05) is 12.7 Å². The SMILES string of the molecule is Fc1ccc(COC2=C(I)CN(Cc3cccc(F)c3)C=C2)cc1. The highest BCUT2D eigenvalue weighted by molar-refractivity contribution is 14.1. The van der Waals surface area contributed by atoms with Gasteiger partial charge in [0.25, 0.3) is 0 Å². The van der Waals surface area contributed by atoms with Gasteiger partial charge in [0.1, 0.15) is 24.0 Å². The van der Waals surface area contributed by atoms with Gasteiger partial charge in [-0.05, 0) is 64.1 Å². The summed E-state index contributed by atoms with van der Waals surface area (Å²) in [4.78, 5) is 2.10. The minimum absolute atomic E-state index is 0.220. The predicted molar refractivity (Wildman–Crippen MR) is 98.2 cm³/mol. The van der Waals surface area contributed by atoms with Crippen molar-refractivity contribution in [1.29, 1.82) is 0 Å². The summed E-state index contributed by atoms with van der Waals surface area (Å²) in [5, 5.41) is 0. The van der Waals surface area contributed by atoms with Gasteiger partial charge in [-0.2, -0.15) is 0 Å². The lowest BCUT2D eigenvalue weighted by Crippen LogP contribution is -2.22. The molecular weight excluding hydrogens is 423 g/mol. The van der Waals surface area contributed by atoms with Crippen molar-refractivity contribution >= 4 is 22.6 Å². The Hall–Kier alpha value is -1.89. The molecule has 0 saturated carbocycles. The van der Waals surface area contributed by atoms with E-state index in [-0.39, 0.29) is 11.6 Å². The molecule has 0 radical (unpaired) electrons. The van der Waals surface area contributed by atoms with Gasteiger partial charge in [-0.15, -0.1) is 0 Å². The van der Waals surface area contributed by atoms with Gasteiger partial charge in [-0.1, -0.05) is 24.3 Å². The Morgan fingerprint density at radius 2 is 1.79 bits per heavy atom. The van der Waals surface area contributed by atoms with Crippen LogP contribution in [0.2, 0.25) is 0 Å². The smallest absolute Gasteiger partial charge is 0.132 e. The summed E-state index contributed by atoms with van der Waals surface area (Å²) in [6, 6.07) is 12.9. The highest BCUT2D eigenvalue weighted by Gasteiger charge is 2.13. The molecule has 2 aromatic rings. The average Bonchev–Trinajstić information content (AvgIpc) is 2.56. The Kier molecular flexibility index (Phi) is 5.50. The Labute approximate surface area is 153 Å². The molecule has 0 N–H and O–H groups in total. The summed E-state index contributed by atoms with van der Waals surface area (Å²) < 4.78 is 33.0. The van der Waals surface area contributed by atoms with Gasteiger partial charge < -0.3 is 9.64 Å². The van der Waals surface area contributed by atoms with Crippen LogP contribution >= 0.6 is 22.6 Å². The number of ether oxygens (including phenoxy) is 1. The zero-order chi connectivity index (χ0) is 16.9. The zero-order valence-corrected chi connectivity index (χ0v) is 15.0. The normalized spacial score (nSPS) is 14.2. The van der Waals surface area contributed by atoms with Crippen LogP contribution < -0.4 is 0 Å². The number of nitrogens with zero attached hydrogens (tertiary/aromatic N) is 1. The number of hydrogen-bond donors (Lipinski definition) is 0. The first kappa shape index (κ1) is 17.0. The molecule has 0 saturated heterocycles. The zero-order valence-electron chi connectivity index (χ0n) is 12.9. The van der Waals surface area contributed by atoms with Gasteiger partial charge in [0.15, 0.2) is 0 Å². The maximum Gasteiger partial charge on any atom is 0.132 e. The van der Waals surface area contributed by atoms with Crippen LogP contribution in [0.5, 0.6) is 0 Å². The fourth-order valence-corrected chi connectivity index (χ4v) is 3.19. The maximum atomic E-state index is 13.3. The lowest BCUT2D eigenvalue weighted by atomic mass is 10.2. The van der Waals surface area contributed by atoms with Crippen LogP contribution in [-0.4, -0.2) is 11.4 Å². The number of hydrogen-bond acceptors (Lipinski definition) is 2. The molecule has 5 heteroatoms. The molecule has 0 bridgehead atoms. The van der Waals surface area contributed by atoms with Gasteiger partial charge in [0.2, 0.25) is 0 Å². The largest absolute Gasteiger partial charge is 0.488 e. The molecule has 1 heterocycles. The molecular formula is C19H16F2INO. The van der Waals surface area contributed by atoms with Crippen molar-refractivity contribution in [3.8, 4) is 0 Å². The van der Waals surface area contributed by atoms with Gasteiger partial charge >= 0.3 is 0 Å². The number of halogens is 3. The molecule has 24 heavy (non-hydrogen) atoms. The second-order valence-electron chi connectivity index (χ2n) is 5.53. The van der Waals surface area contributed by atoms with Gasteiger partial charge in [-0.3, -0.25) is 0 Å². The van der Waals surface area contributed by atoms with Crippen LogP contribution in [0.4, 0.5) is 8.78 Å². The van der Waals surface area contributed by atoms with E-state index in [0.29, 0.717) is 19.7 Å². The third-order valence-electron chi connectivity index (χ3n) is 3.63. The molecule has 0 atom stereocenters. The molecule has 3 rings (SSSR count). The van der Waals surface area contributed by atoms with Crippen LogP contribution in [0.25, 0.3) is 0 Å². The highest BCUT2D eigenvalue weighted by Crippen LogP contribution is 2.24. The molecule has 0 spiro atoms. The number of benzene rings is 2. The topological polar surface area (TPSA) is 12.5 Å². The molecule has 124 valence electrons. The van der Waals surface area contributed by atoms with Gasteiger partial charge in [-0.25, -0.2) is 8.78 Å². The number of allylic oxidation sites excluding steroid dienone is 1. The Balaban J connectivity index is 1.57. The van der Waals surface area contributed by atoms with Crippen molar-refractivity contribution in [3.63, 3.8) is 0 Å². The summed E-state index contributed by atoms with van der Waals surface area (Å²) in [6.07, 6.45) is 3.86. The van der Waals surface area contributed by atoms with Crippen LogP contribution in [0.15, 0.2) is 70.1 Å². The van der Waals surface area contributed by atoms with E-state index in [9.17, 15) is 8.78 Å². The van der Waals surface area contributed by atoms with Crippen LogP contribution in [0.3, 0.4) is 0 Å². The lowest BCUT2D eigenvalue weighted by molar-refractivity contribution is 0.204. The summed E-state index contributed by atoms with van der Waals surface area (Å²) in [5.74, 6) is 0.343. The Morgan fingerprint density at radius 1 is 1.00 bits per heavy atom. The highest BCUT2D eigenvalue weighted by atomic mass is 127. The molecule has 2 nitrogen and oxygen atoms in total. The first-order valence-corrected chi connectivity index (χ1v) is 8.60. The first-order chi connectivity index (χ1) is 11.6. The summed E-state index contributed by atoms with van der Waals surface area (Å²) >= 11 is 2.26. The fourth-order valence-electron chi connectivity index (χ4n) is 2.42. The lowest BCUT2D eigenvalue weighted by Gasteiger charge is -2.25. The van der Waals surface area contributed by atoms with Gasteiger partial charge in [0.05, 0.1) is 10.1 Å². The molecule has 2 aromatic carbocycles. The van der Waals surface area contributed by atoms with Crippen LogP contribution in [-0.2, 0) is 17.9 Å². The van der Waals surface area contributed by atoms with Crippen molar-refractivity contribution in [1.82, 2.24) is 4.90 Å². The third-order valence-corrected chi connectivity index (χ3v) is 4.50. The molecule has 0 fully saturated rings. The second kappa shape index (κ2) is 7.79. The minimum Gasteiger partial charge on any atom is -0.488 e. The molecule has 1 aliphatic heterocycles. The third kappa shape index (κ3) is 4.56. The fraction of sp³-hybridized carbons (Fsp3) is 0.158. The summed E-state index contributed by atoms with van der Waals surface area (Å²) in [6.45, 7) is 1.76. The Bertz CT molecular complexity index is 771. The second-order valence-corrected chi connectivity index (χ2v) is 6.84. The molecule has 1 aliphatic rings. The van der Waals surface area contributed by atoms with E-state index in [0.717, 1.165) is 20.5 Å². The Morgan fingerprint density at radius 3 is 2.50 bits per heavy atom. The summed E-state index contributed by atoms with van der Waals surface area (Å²) in [7, 11) is 0. The van der Waals surface area contributed by atoms with Crippen molar-refractivity contribution in [2.45, 2.75) is 13.2 Å². The molecule has 0 amide bonds. The quantitative estimate of drug-likeness (QED) is 0.598. The number of rotatable bonds is 5. The van der Waals surface area contributed by atoms with E-state index < -0.39 is 0 Å². The van der Waals surface area contributed by atoms with E-state index in [4.69, 9.17) is 4.74 Å². The van der Waals surface area contributed by atoms with Crippen molar-refractivity contribution in [2.75, 3.05) is 6.54 Å². The standard InChI is InChI=1S/C19H16F2INO/c20-16-6-4-14(5-7-16)13-24-19-8-9-23(12-18(19)22)11-15-2-1-3-17(21)10-15/h1-10H,11-13H2. The van der Waals surface area contributed by atoms with Crippen LogP contribution in [0, 0.1) is 11.6 Å². The van der Waals surface area contributed by atoms with Crippen LogP contribution in [0.1, 0.15) is 11.1 Å².